The first-order valence-corrected chi connectivity index (χ1v) is 13.7. The van der Waals surface area contributed by atoms with Crippen LogP contribution in [0.15, 0.2) is 0 Å². The molecule has 16 N–H and O–H groups in total. The van der Waals surface area contributed by atoms with E-state index in [-0.39, 0.29) is 0 Å². The van der Waals surface area contributed by atoms with Gasteiger partial charge in [-0.15, -0.1) is 0 Å². The molecule has 16 atom stereocenters. The molecule has 272 valence electrons. The van der Waals surface area contributed by atoms with E-state index in [9.17, 15) is 70.9 Å². The Balaban J connectivity index is 0.000000460. The maximum Gasteiger partial charge on any atom is 0.189 e. The monoisotopic (exact) mass is 684 g/mol. The van der Waals surface area contributed by atoms with Gasteiger partial charge in [0.05, 0.1) is 26.4 Å². The van der Waals surface area contributed by atoms with Crippen LogP contribution in [0, 0.1) is 0 Å². The number of hydrogen-bond donors (Lipinski definition) is 16. The first kappa shape index (κ1) is 42.6. The molecular weight excluding hydrogens is 640 g/mol. The number of carbonyl (C=O) groups is 2. The largest absolute Gasteiger partial charge is 0.394 e. The van der Waals surface area contributed by atoms with Gasteiger partial charge in [-0.05, 0) is 0 Å². The SMILES string of the molecule is O=C(CO)[C@@H](O)[C@H](O)[C@H](O)CO[C@H]1O[C@H](CO)[C@@H](O)[C@H](O)[C@H]1O.O=C(CO)[C@@H](O)[C@H](O)[C@H](O)CO[C@H]1O[C@H](CO)[C@@H](O)[C@H](O)[C@H]1O. The minimum Gasteiger partial charge on any atom is -0.394 e. The highest BCUT2D eigenvalue weighted by molar-refractivity contribution is 5.84. The van der Waals surface area contributed by atoms with Crippen LogP contribution in [0.4, 0.5) is 0 Å². The van der Waals surface area contributed by atoms with E-state index in [1.54, 1.807) is 0 Å². The predicted molar refractivity (Wildman–Crippen MR) is 140 cm³/mol. The van der Waals surface area contributed by atoms with Crippen LogP contribution in [0.1, 0.15) is 0 Å². The maximum absolute atomic E-state index is 11.0. The Morgan fingerprint density at radius 2 is 0.826 bits per heavy atom. The minimum atomic E-state index is -2.03. The van der Waals surface area contributed by atoms with E-state index in [4.69, 9.17) is 39.4 Å². The summed E-state index contributed by atoms with van der Waals surface area (Å²) in [7, 11) is 0. The quantitative estimate of drug-likeness (QED) is 0.0717. The van der Waals surface area contributed by atoms with E-state index in [0.29, 0.717) is 0 Å². The number of rotatable bonds is 16. The lowest BCUT2D eigenvalue weighted by Gasteiger charge is -2.40. The molecule has 0 aromatic heterocycles. The van der Waals surface area contributed by atoms with Crippen LogP contribution in [-0.2, 0) is 28.5 Å². The van der Waals surface area contributed by atoms with Gasteiger partial charge in [-0.3, -0.25) is 9.59 Å². The second-order valence-corrected chi connectivity index (χ2v) is 10.3. The van der Waals surface area contributed by atoms with E-state index in [1.165, 1.54) is 0 Å². The fraction of sp³-hybridized carbons (Fsp3) is 0.917. The van der Waals surface area contributed by atoms with E-state index in [2.05, 4.69) is 0 Å². The molecule has 2 rings (SSSR count). The van der Waals surface area contributed by atoms with Gasteiger partial charge in [0.25, 0.3) is 0 Å². The standard InChI is InChI=1S/2C12H22O11/c2*13-1-4(15)7(17)8(18)5(16)3-22-12-11(21)10(20)9(19)6(2-14)23-12/h2*5-14,16-21H,1-3H2/t2*5-,6-,7-,8-,9-,10+,11-,12+/m11/s1. The molecule has 0 bridgehead atoms. The molecule has 0 saturated carbocycles. The van der Waals surface area contributed by atoms with Gasteiger partial charge < -0.3 is 101 Å². The number of aliphatic hydroxyl groups is 16. The van der Waals surface area contributed by atoms with Gasteiger partial charge in [-0.25, -0.2) is 0 Å². The summed E-state index contributed by atoms with van der Waals surface area (Å²) in [5.41, 5.74) is 0. The molecule has 0 unspecified atom stereocenters. The lowest BCUT2D eigenvalue weighted by Crippen LogP contribution is -2.59. The molecule has 0 spiro atoms. The van der Waals surface area contributed by atoms with Crippen LogP contribution in [0.25, 0.3) is 0 Å². The molecule has 22 nitrogen and oxygen atoms in total. The van der Waals surface area contributed by atoms with Crippen LogP contribution in [-0.4, -0.2) is 231 Å². The van der Waals surface area contributed by atoms with Gasteiger partial charge >= 0.3 is 0 Å². The molecule has 2 saturated heterocycles. The normalized spacial score (nSPS) is 35.6. The van der Waals surface area contributed by atoms with Gasteiger partial charge in [0.1, 0.15) is 98.7 Å². The summed E-state index contributed by atoms with van der Waals surface area (Å²) in [6.45, 7) is -4.81. The smallest absolute Gasteiger partial charge is 0.189 e. The Morgan fingerprint density at radius 3 is 1.09 bits per heavy atom. The van der Waals surface area contributed by atoms with Gasteiger partial charge in [0.15, 0.2) is 24.1 Å². The number of ether oxygens (including phenoxy) is 4. The van der Waals surface area contributed by atoms with Crippen molar-refractivity contribution in [1.29, 1.82) is 0 Å². The molecule has 22 heteroatoms. The molecule has 2 aliphatic heterocycles. The number of ketones is 2. The third-order valence-electron chi connectivity index (χ3n) is 6.97. The molecular formula is C24H44O22. The van der Waals surface area contributed by atoms with Crippen LogP contribution in [0.2, 0.25) is 0 Å². The average Bonchev–Trinajstić information content (AvgIpc) is 3.06. The highest BCUT2D eigenvalue weighted by atomic mass is 16.7. The van der Waals surface area contributed by atoms with E-state index < -0.39 is 149 Å². The highest BCUT2D eigenvalue weighted by Gasteiger charge is 2.46. The fourth-order valence-corrected chi connectivity index (χ4v) is 3.98. The second-order valence-electron chi connectivity index (χ2n) is 10.3. The Hall–Kier alpha value is -1.46. The fourth-order valence-electron chi connectivity index (χ4n) is 3.98. The number of Topliss-reactive ketones (excluding diaryl/α,β-unsaturated/α-hetero) is 2. The van der Waals surface area contributed by atoms with Crippen molar-refractivity contribution in [1.82, 2.24) is 0 Å². The van der Waals surface area contributed by atoms with Gasteiger partial charge in [0.2, 0.25) is 0 Å². The summed E-state index contributed by atoms with van der Waals surface area (Å²) in [6.07, 6.45) is -26.9. The third kappa shape index (κ3) is 11.3. The molecule has 0 aliphatic carbocycles. The molecule has 0 amide bonds. The van der Waals surface area contributed by atoms with Crippen molar-refractivity contribution in [2.24, 2.45) is 0 Å². The summed E-state index contributed by atoms with van der Waals surface area (Å²) >= 11 is 0. The lowest BCUT2D eigenvalue weighted by atomic mass is 9.99. The topological polar surface area (TPSA) is 395 Å². The minimum absolute atomic E-state index is 0.667. The molecule has 0 radical (unpaired) electrons. The molecule has 0 aromatic carbocycles. The first-order valence-electron chi connectivity index (χ1n) is 13.7. The van der Waals surface area contributed by atoms with E-state index in [1.807, 2.05) is 0 Å². The van der Waals surface area contributed by atoms with Crippen molar-refractivity contribution in [3.63, 3.8) is 0 Å². The van der Waals surface area contributed by atoms with Crippen LogP contribution in [0.5, 0.6) is 0 Å². The molecule has 2 aliphatic rings. The number of hydrogen-bond acceptors (Lipinski definition) is 22. The van der Waals surface area contributed by atoms with Crippen molar-refractivity contribution < 1.29 is 110 Å². The number of aliphatic hydroxyl groups excluding tert-OH is 16. The summed E-state index contributed by atoms with van der Waals surface area (Å²) in [4.78, 5) is 22.0. The summed E-state index contributed by atoms with van der Waals surface area (Å²) < 4.78 is 19.9. The Morgan fingerprint density at radius 1 is 0.522 bits per heavy atom. The molecule has 0 aromatic rings. The predicted octanol–water partition coefficient (Wildman–Crippen LogP) is -11.1. The zero-order valence-electron chi connectivity index (χ0n) is 24.1. The Labute approximate surface area is 260 Å². The van der Waals surface area contributed by atoms with Crippen LogP contribution < -0.4 is 0 Å². The zero-order chi connectivity index (χ0) is 35.5. The van der Waals surface area contributed by atoms with Crippen LogP contribution >= 0.6 is 0 Å². The van der Waals surface area contributed by atoms with Gasteiger partial charge in [-0.1, -0.05) is 0 Å². The maximum atomic E-state index is 11.0. The molecule has 46 heavy (non-hydrogen) atoms. The van der Waals surface area contributed by atoms with Crippen molar-refractivity contribution in [3.05, 3.63) is 0 Å². The molecule has 2 heterocycles. The zero-order valence-corrected chi connectivity index (χ0v) is 24.1. The third-order valence-corrected chi connectivity index (χ3v) is 6.97. The van der Waals surface area contributed by atoms with E-state index in [0.717, 1.165) is 0 Å². The summed E-state index contributed by atoms with van der Waals surface area (Å²) in [5, 5.41) is 150. The average molecular weight is 685 g/mol. The van der Waals surface area contributed by atoms with Crippen molar-refractivity contribution in [2.45, 2.75) is 98.0 Å². The van der Waals surface area contributed by atoms with Crippen LogP contribution in [0.3, 0.4) is 0 Å². The lowest BCUT2D eigenvalue weighted by molar-refractivity contribution is -0.306. The van der Waals surface area contributed by atoms with E-state index >= 15 is 0 Å². The van der Waals surface area contributed by atoms with Crippen molar-refractivity contribution in [3.8, 4) is 0 Å². The van der Waals surface area contributed by atoms with Gasteiger partial charge in [-0.2, -0.15) is 0 Å². The van der Waals surface area contributed by atoms with Crippen molar-refractivity contribution in [2.75, 3.05) is 39.6 Å². The Kier molecular flexibility index (Phi) is 18.6. The summed E-state index contributed by atoms with van der Waals surface area (Å²) in [6, 6.07) is 0. The summed E-state index contributed by atoms with van der Waals surface area (Å²) in [5.74, 6) is -2.21. The first-order chi connectivity index (χ1) is 21.5. The second kappa shape index (κ2) is 20.1. The number of carbonyl (C=O) groups excluding carboxylic acids is 2. The Bertz CT molecular complexity index is 822. The highest BCUT2D eigenvalue weighted by Crippen LogP contribution is 2.23. The molecule has 2 fully saturated rings. The van der Waals surface area contributed by atoms with Crippen molar-refractivity contribution >= 4 is 11.6 Å². The van der Waals surface area contributed by atoms with Gasteiger partial charge in [0, 0.05) is 0 Å².